The Labute approximate surface area is 219 Å². The van der Waals surface area contributed by atoms with Gasteiger partial charge in [-0.3, -0.25) is 9.48 Å². The monoisotopic (exact) mass is 534 g/mol. The summed E-state index contributed by atoms with van der Waals surface area (Å²) in [5.41, 5.74) is 8.02. The number of pyridine rings is 1. The van der Waals surface area contributed by atoms with Crippen LogP contribution in [0.2, 0.25) is 10.0 Å². The van der Waals surface area contributed by atoms with E-state index < -0.39 is 11.9 Å². The fourth-order valence-corrected chi connectivity index (χ4v) is 4.99. The number of carbonyl (C=O) groups is 1. The number of likely N-dealkylation sites (N-methyl/N-ethyl adjacent to an activating group) is 1. The minimum Gasteiger partial charge on any atom is -0.482 e. The largest absolute Gasteiger partial charge is 0.482 e. The molecule has 0 spiro atoms. The fourth-order valence-electron chi connectivity index (χ4n) is 4.31. The lowest BCUT2D eigenvalue weighted by atomic mass is 10.0. The molecule has 192 valence electrons. The van der Waals surface area contributed by atoms with Crippen molar-refractivity contribution in [1.29, 1.82) is 0 Å². The molecule has 0 aliphatic carbocycles. The summed E-state index contributed by atoms with van der Waals surface area (Å²) in [7, 11) is 3.79. The van der Waals surface area contributed by atoms with E-state index in [4.69, 9.17) is 33.7 Å². The Bertz CT molecular complexity index is 1240. The van der Waals surface area contributed by atoms with Gasteiger partial charge in [0.05, 0.1) is 23.8 Å². The third-order valence-electron chi connectivity index (χ3n) is 6.25. The first kappa shape index (κ1) is 26.2. The van der Waals surface area contributed by atoms with Gasteiger partial charge in [-0.1, -0.05) is 23.2 Å². The number of hydrogen-bond acceptors (Lipinski definition) is 6. The summed E-state index contributed by atoms with van der Waals surface area (Å²) in [5, 5.41) is 4.77. The second-order valence-electron chi connectivity index (χ2n) is 9.18. The number of nitrogens with zero attached hydrogens (tertiary/aromatic N) is 5. The molecule has 1 amide bonds. The molecule has 8 nitrogen and oxygen atoms in total. The molecule has 3 aromatic rings. The zero-order chi connectivity index (χ0) is 26.0. The van der Waals surface area contributed by atoms with E-state index in [1.165, 1.54) is 12.1 Å². The SMILES string of the molecule is CC(Oc1cc(-c2cnn(C3CCN(C(=O)CN(C)C)CC3)c2)cnc1N)c1c(Cl)ccc(F)c1Cl. The van der Waals surface area contributed by atoms with Crippen molar-refractivity contribution in [2.45, 2.75) is 31.9 Å². The lowest BCUT2D eigenvalue weighted by Crippen LogP contribution is -2.43. The van der Waals surface area contributed by atoms with Crippen LogP contribution in [0.5, 0.6) is 5.75 Å². The molecule has 1 aromatic carbocycles. The molecule has 0 radical (unpaired) electrons. The molecule has 1 unspecified atom stereocenters. The van der Waals surface area contributed by atoms with Gasteiger partial charge in [0, 0.05) is 47.2 Å². The Kier molecular flexibility index (Phi) is 8.02. The van der Waals surface area contributed by atoms with Crippen LogP contribution in [0.1, 0.15) is 37.5 Å². The second kappa shape index (κ2) is 11.0. The highest BCUT2D eigenvalue weighted by molar-refractivity contribution is 6.36. The summed E-state index contributed by atoms with van der Waals surface area (Å²) in [6, 6.07) is 4.62. The van der Waals surface area contributed by atoms with Gasteiger partial charge in [-0.25, -0.2) is 9.37 Å². The Morgan fingerprint density at radius 3 is 2.67 bits per heavy atom. The zero-order valence-electron chi connectivity index (χ0n) is 20.4. The van der Waals surface area contributed by atoms with Gasteiger partial charge >= 0.3 is 0 Å². The number of rotatable bonds is 7. The maximum atomic E-state index is 14.0. The molecule has 11 heteroatoms. The van der Waals surface area contributed by atoms with Crippen molar-refractivity contribution in [1.82, 2.24) is 24.6 Å². The van der Waals surface area contributed by atoms with E-state index in [-0.39, 0.29) is 22.8 Å². The summed E-state index contributed by atoms with van der Waals surface area (Å²) < 4.78 is 21.9. The number of nitrogen functional groups attached to an aromatic ring is 1. The first-order chi connectivity index (χ1) is 17.1. The van der Waals surface area contributed by atoms with Crippen molar-refractivity contribution in [2.75, 3.05) is 39.5 Å². The fraction of sp³-hybridized carbons (Fsp3) is 0.400. The summed E-state index contributed by atoms with van der Waals surface area (Å²) in [6.07, 6.45) is 6.39. The third-order valence-corrected chi connectivity index (χ3v) is 6.96. The summed E-state index contributed by atoms with van der Waals surface area (Å²) in [4.78, 5) is 20.4. The molecular weight excluding hydrogens is 506 g/mol. The number of halogens is 3. The van der Waals surface area contributed by atoms with Crippen molar-refractivity contribution < 1.29 is 13.9 Å². The Balaban J connectivity index is 1.47. The first-order valence-electron chi connectivity index (χ1n) is 11.7. The standard InChI is InChI=1S/C25H29Cl2FN6O2/c1-15(23-19(26)4-5-20(28)24(23)27)36-21-10-16(11-30-25(21)29)17-12-31-34(13-17)18-6-8-33(9-7-18)22(35)14-32(2)3/h4-5,10-13,15,18H,6-9,14H2,1-3H3,(H2,29,30). The smallest absolute Gasteiger partial charge is 0.236 e. The van der Waals surface area contributed by atoms with Crippen molar-refractivity contribution in [3.8, 4) is 16.9 Å². The van der Waals surface area contributed by atoms with Crippen LogP contribution in [-0.4, -0.2) is 64.2 Å². The van der Waals surface area contributed by atoms with Crippen molar-refractivity contribution in [3.63, 3.8) is 0 Å². The van der Waals surface area contributed by atoms with Crippen LogP contribution in [-0.2, 0) is 4.79 Å². The van der Waals surface area contributed by atoms with Gasteiger partial charge in [0.15, 0.2) is 11.6 Å². The topological polar surface area (TPSA) is 89.5 Å². The normalized spacial score (nSPS) is 15.4. The number of carbonyl (C=O) groups excluding carboxylic acids is 1. The summed E-state index contributed by atoms with van der Waals surface area (Å²) in [5.74, 6) is 0.0927. The molecule has 0 bridgehead atoms. The van der Waals surface area contributed by atoms with Gasteiger partial charge < -0.3 is 20.3 Å². The molecule has 1 atom stereocenters. The maximum Gasteiger partial charge on any atom is 0.236 e. The average molecular weight is 535 g/mol. The van der Waals surface area contributed by atoms with Gasteiger partial charge in [-0.15, -0.1) is 0 Å². The molecule has 1 aliphatic heterocycles. The summed E-state index contributed by atoms with van der Waals surface area (Å²) >= 11 is 12.4. The van der Waals surface area contributed by atoms with Crippen LogP contribution in [0.15, 0.2) is 36.8 Å². The van der Waals surface area contributed by atoms with Crippen LogP contribution in [0.25, 0.3) is 11.1 Å². The number of likely N-dealkylation sites (tertiary alicyclic amines) is 1. The molecule has 36 heavy (non-hydrogen) atoms. The molecule has 0 saturated carbocycles. The van der Waals surface area contributed by atoms with Crippen molar-refractivity contribution in [3.05, 3.63) is 58.2 Å². The minimum atomic E-state index is -0.664. The van der Waals surface area contributed by atoms with Crippen molar-refractivity contribution >= 4 is 34.9 Å². The van der Waals surface area contributed by atoms with Crippen LogP contribution in [0, 0.1) is 5.82 Å². The lowest BCUT2D eigenvalue weighted by Gasteiger charge is -2.32. The molecule has 2 aromatic heterocycles. The van der Waals surface area contributed by atoms with E-state index in [1.807, 2.05) is 34.8 Å². The number of anilines is 1. The molecule has 2 N–H and O–H groups in total. The van der Waals surface area contributed by atoms with Crippen LogP contribution < -0.4 is 10.5 Å². The number of aromatic nitrogens is 3. The van der Waals surface area contributed by atoms with E-state index in [0.29, 0.717) is 36.0 Å². The highest BCUT2D eigenvalue weighted by atomic mass is 35.5. The number of hydrogen-bond donors (Lipinski definition) is 1. The molecule has 1 aliphatic rings. The molecule has 4 rings (SSSR count). The highest BCUT2D eigenvalue weighted by Crippen LogP contribution is 2.37. The van der Waals surface area contributed by atoms with Gasteiger partial charge in [-0.2, -0.15) is 5.10 Å². The van der Waals surface area contributed by atoms with Crippen molar-refractivity contribution in [2.24, 2.45) is 0 Å². The van der Waals surface area contributed by atoms with Gasteiger partial charge in [0.2, 0.25) is 5.91 Å². The van der Waals surface area contributed by atoms with Crippen LogP contribution in [0.3, 0.4) is 0 Å². The van der Waals surface area contributed by atoms with E-state index in [0.717, 1.165) is 24.0 Å². The predicted molar refractivity (Wildman–Crippen MR) is 139 cm³/mol. The van der Waals surface area contributed by atoms with E-state index in [2.05, 4.69) is 10.1 Å². The highest BCUT2D eigenvalue weighted by Gasteiger charge is 2.25. The number of amides is 1. The van der Waals surface area contributed by atoms with Gasteiger partial charge in [0.25, 0.3) is 0 Å². The first-order valence-corrected chi connectivity index (χ1v) is 12.4. The van der Waals surface area contributed by atoms with Gasteiger partial charge in [-0.05, 0) is 52.1 Å². The third kappa shape index (κ3) is 5.74. The molecule has 3 heterocycles. The van der Waals surface area contributed by atoms with Crippen LogP contribution in [0.4, 0.5) is 10.2 Å². The van der Waals surface area contributed by atoms with E-state index in [9.17, 15) is 9.18 Å². The number of ether oxygens (including phenoxy) is 1. The van der Waals surface area contributed by atoms with Gasteiger partial charge in [0.1, 0.15) is 11.9 Å². The predicted octanol–water partition coefficient (Wildman–Crippen LogP) is 4.84. The maximum absolute atomic E-state index is 14.0. The number of piperidine rings is 1. The summed E-state index contributed by atoms with van der Waals surface area (Å²) in [6.45, 7) is 3.54. The Morgan fingerprint density at radius 2 is 1.97 bits per heavy atom. The molecule has 1 saturated heterocycles. The van der Waals surface area contributed by atoms with E-state index in [1.54, 1.807) is 25.4 Å². The van der Waals surface area contributed by atoms with Crippen LogP contribution >= 0.6 is 23.2 Å². The number of benzene rings is 1. The second-order valence-corrected chi connectivity index (χ2v) is 9.97. The average Bonchev–Trinajstić information content (AvgIpc) is 3.33. The zero-order valence-corrected chi connectivity index (χ0v) is 21.9. The quantitative estimate of drug-likeness (QED) is 0.436. The number of nitrogens with two attached hydrogens (primary N) is 1. The molecular formula is C25H29Cl2FN6O2. The molecule has 1 fully saturated rings. The van der Waals surface area contributed by atoms with E-state index >= 15 is 0 Å². The lowest BCUT2D eigenvalue weighted by molar-refractivity contribution is -0.133. The minimum absolute atomic E-state index is 0.0894. The Hall–Kier alpha value is -2.88. The Morgan fingerprint density at radius 1 is 1.25 bits per heavy atom.